The van der Waals surface area contributed by atoms with Crippen LogP contribution in [0.1, 0.15) is 11.3 Å². The summed E-state index contributed by atoms with van der Waals surface area (Å²) in [6.07, 6.45) is 3.20. The summed E-state index contributed by atoms with van der Waals surface area (Å²) in [5.74, 6) is 0.699. The van der Waals surface area contributed by atoms with Gasteiger partial charge in [-0.2, -0.15) is 0 Å². The van der Waals surface area contributed by atoms with E-state index in [9.17, 15) is 0 Å². The van der Waals surface area contributed by atoms with E-state index in [4.69, 9.17) is 11.6 Å². The largest absolute Gasteiger partial charge is 0.364 e. The third-order valence-corrected chi connectivity index (χ3v) is 2.40. The molecule has 0 radical (unpaired) electrons. The number of hydrogen-bond acceptors (Lipinski definition) is 4. The number of nitrogens with one attached hydrogen (secondary N) is 1. The Balaban J connectivity index is 2.05. The molecule has 0 spiro atoms. The normalized spacial score (nSPS) is 10.1. The fraction of sp³-hybridized carbons (Fsp3) is 0.182. The van der Waals surface area contributed by atoms with E-state index in [1.54, 1.807) is 12.3 Å². The van der Waals surface area contributed by atoms with Crippen LogP contribution < -0.4 is 5.32 Å². The lowest BCUT2D eigenvalue weighted by Crippen LogP contribution is -2.04. The molecule has 82 valence electrons. The van der Waals surface area contributed by atoms with E-state index in [1.165, 1.54) is 6.33 Å². The highest BCUT2D eigenvalue weighted by Crippen LogP contribution is 2.10. The smallest absolute Gasteiger partial charge is 0.134 e. The van der Waals surface area contributed by atoms with E-state index in [1.807, 2.05) is 19.1 Å². The van der Waals surface area contributed by atoms with Crippen molar-refractivity contribution in [2.24, 2.45) is 0 Å². The molecular weight excluding hydrogens is 224 g/mol. The van der Waals surface area contributed by atoms with Gasteiger partial charge in [-0.05, 0) is 18.6 Å². The number of hydrogen-bond donors (Lipinski definition) is 1. The van der Waals surface area contributed by atoms with Crippen molar-refractivity contribution in [2.45, 2.75) is 13.5 Å². The molecule has 2 heterocycles. The maximum absolute atomic E-state index is 5.75. The Hall–Kier alpha value is -1.68. The predicted octanol–water partition coefficient (Wildman–Crippen LogP) is 2.45. The highest BCUT2D eigenvalue weighted by Gasteiger charge is 2.00. The minimum Gasteiger partial charge on any atom is -0.364 e. The zero-order chi connectivity index (χ0) is 11.4. The molecule has 2 aromatic heterocycles. The molecule has 0 atom stereocenters. The van der Waals surface area contributed by atoms with Gasteiger partial charge in [0.15, 0.2) is 0 Å². The van der Waals surface area contributed by atoms with Crippen molar-refractivity contribution in [1.82, 2.24) is 15.0 Å². The lowest BCUT2D eigenvalue weighted by atomic mass is 10.2. The second kappa shape index (κ2) is 4.90. The second-order valence-electron chi connectivity index (χ2n) is 3.35. The molecule has 0 amide bonds. The molecule has 2 aromatic rings. The number of pyridine rings is 1. The average molecular weight is 235 g/mol. The minimum absolute atomic E-state index is 0.426. The summed E-state index contributed by atoms with van der Waals surface area (Å²) < 4.78 is 0. The standard InChI is InChI=1S/C11H11ClN4/c1-8-3-2-4-13-9(8)6-14-11-5-10(12)15-7-16-11/h2-5,7H,6H2,1H3,(H,14,15,16). The summed E-state index contributed by atoms with van der Waals surface area (Å²) in [6.45, 7) is 2.65. The Labute approximate surface area is 98.7 Å². The summed E-state index contributed by atoms with van der Waals surface area (Å²) in [6, 6.07) is 5.62. The van der Waals surface area contributed by atoms with Gasteiger partial charge in [0.05, 0.1) is 12.2 Å². The van der Waals surface area contributed by atoms with E-state index in [0.717, 1.165) is 11.3 Å². The van der Waals surface area contributed by atoms with Gasteiger partial charge in [0.1, 0.15) is 17.3 Å². The van der Waals surface area contributed by atoms with Crippen LogP contribution in [-0.2, 0) is 6.54 Å². The quantitative estimate of drug-likeness (QED) is 0.829. The van der Waals surface area contributed by atoms with Gasteiger partial charge >= 0.3 is 0 Å². The molecule has 0 aliphatic rings. The highest BCUT2D eigenvalue weighted by molar-refractivity contribution is 6.29. The maximum Gasteiger partial charge on any atom is 0.134 e. The Morgan fingerprint density at radius 3 is 2.94 bits per heavy atom. The Morgan fingerprint density at radius 1 is 1.31 bits per heavy atom. The average Bonchev–Trinajstić information content (AvgIpc) is 2.28. The van der Waals surface area contributed by atoms with Crippen LogP contribution >= 0.6 is 11.6 Å². The van der Waals surface area contributed by atoms with Crippen LogP contribution in [0, 0.1) is 6.92 Å². The monoisotopic (exact) mass is 234 g/mol. The van der Waals surface area contributed by atoms with E-state index in [-0.39, 0.29) is 0 Å². The fourth-order valence-corrected chi connectivity index (χ4v) is 1.45. The molecule has 0 unspecified atom stereocenters. The van der Waals surface area contributed by atoms with Crippen LogP contribution in [0.5, 0.6) is 0 Å². The van der Waals surface area contributed by atoms with Gasteiger partial charge in [-0.25, -0.2) is 9.97 Å². The van der Waals surface area contributed by atoms with Crippen molar-refractivity contribution in [2.75, 3.05) is 5.32 Å². The second-order valence-corrected chi connectivity index (χ2v) is 3.73. The Bertz CT molecular complexity index is 487. The van der Waals surface area contributed by atoms with Gasteiger partial charge in [0.25, 0.3) is 0 Å². The van der Waals surface area contributed by atoms with Crippen LogP contribution in [-0.4, -0.2) is 15.0 Å². The van der Waals surface area contributed by atoms with Gasteiger partial charge < -0.3 is 5.32 Å². The molecule has 4 nitrogen and oxygen atoms in total. The van der Waals surface area contributed by atoms with E-state index in [0.29, 0.717) is 17.5 Å². The maximum atomic E-state index is 5.75. The van der Waals surface area contributed by atoms with Crippen molar-refractivity contribution >= 4 is 17.4 Å². The summed E-state index contributed by atoms with van der Waals surface area (Å²) in [5, 5.41) is 3.57. The van der Waals surface area contributed by atoms with E-state index >= 15 is 0 Å². The first kappa shape index (κ1) is 10.8. The number of rotatable bonds is 3. The van der Waals surface area contributed by atoms with Crippen molar-refractivity contribution in [1.29, 1.82) is 0 Å². The zero-order valence-corrected chi connectivity index (χ0v) is 9.57. The molecular formula is C11H11ClN4. The first-order valence-electron chi connectivity index (χ1n) is 4.87. The third-order valence-electron chi connectivity index (χ3n) is 2.19. The van der Waals surface area contributed by atoms with Gasteiger partial charge in [-0.1, -0.05) is 17.7 Å². The number of halogens is 1. The molecule has 5 heteroatoms. The molecule has 0 saturated heterocycles. The van der Waals surface area contributed by atoms with Gasteiger partial charge in [0, 0.05) is 12.3 Å². The van der Waals surface area contributed by atoms with Crippen LogP contribution in [0.4, 0.5) is 5.82 Å². The van der Waals surface area contributed by atoms with E-state index < -0.39 is 0 Å². The van der Waals surface area contributed by atoms with Crippen molar-refractivity contribution in [3.63, 3.8) is 0 Å². The first-order chi connectivity index (χ1) is 7.75. The van der Waals surface area contributed by atoms with Crippen molar-refractivity contribution in [3.05, 3.63) is 47.1 Å². The molecule has 0 bridgehead atoms. The highest BCUT2D eigenvalue weighted by atomic mass is 35.5. The predicted molar refractivity (Wildman–Crippen MR) is 63.3 cm³/mol. The Morgan fingerprint density at radius 2 is 2.19 bits per heavy atom. The topological polar surface area (TPSA) is 50.7 Å². The molecule has 16 heavy (non-hydrogen) atoms. The number of anilines is 1. The molecule has 0 fully saturated rings. The third kappa shape index (κ3) is 2.67. The molecule has 1 N–H and O–H groups in total. The molecule has 2 rings (SSSR count). The molecule has 0 aliphatic heterocycles. The lowest BCUT2D eigenvalue weighted by Gasteiger charge is -2.06. The fourth-order valence-electron chi connectivity index (χ4n) is 1.31. The summed E-state index contributed by atoms with van der Waals surface area (Å²) >= 11 is 5.75. The van der Waals surface area contributed by atoms with Crippen LogP contribution in [0.3, 0.4) is 0 Å². The number of aryl methyl sites for hydroxylation is 1. The van der Waals surface area contributed by atoms with Gasteiger partial charge in [-0.3, -0.25) is 4.98 Å². The van der Waals surface area contributed by atoms with Gasteiger partial charge in [0.2, 0.25) is 0 Å². The van der Waals surface area contributed by atoms with Gasteiger partial charge in [-0.15, -0.1) is 0 Å². The summed E-state index contributed by atoms with van der Waals surface area (Å²) in [4.78, 5) is 12.1. The minimum atomic E-state index is 0.426. The Kier molecular flexibility index (Phi) is 3.31. The van der Waals surface area contributed by atoms with Crippen molar-refractivity contribution in [3.8, 4) is 0 Å². The van der Waals surface area contributed by atoms with E-state index in [2.05, 4.69) is 20.3 Å². The van der Waals surface area contributed by atoms with Crippen LogP contribution in [0.25, 0.3) is 0 Å². The SMILES string of the molecule is Cc1cccnc1CNc1cc(Cl)ncn1. The zero-order valence-electron chi connectivity index (χ0n) is 8.81. The lowest BCUT2D eigenvalue weighted by molar-refractivity contribution is 0.999. The van der Waals surface area contributed by atoms with Crippen molar-refractivity contribution < 1.29 is 0 Å². The number of aromatic nitrogens is 3. The molecule has 0 saturated carbocycles. The summed E-state index contributed by atoms with van der Waals surface area (Å²) in [7, 11) is 0. The molecule has 0 aliphatic carbocycles. The first-order valence-corrected chi connectivity index (χ1v) is 5.25. The summed E-state index contributed by atoms with van der Waals surface area (Å²) in [5.41, 5.74) is 2.15. The van der Waals surface area contributed by atoms with Crippen LogP contribution in [0.15, 0.2) is 30.7 Å². The van der Waals surface area contributed by atoms with Crippen LogP contribution in [0.2, 0.25) is 5.15 Å². The molecule has 0 aromatic carbocycles. The number of nitrogens with zero attached hydrogens (tertiary/aromatic N) is 3.